The first-order valence-electron chi connectivity index (χ1n) is 8.32. The molecule has 1 fully saturated rings. The fraction of sp³-hybridized carbons (Fsp3) is 0.529. The van der Waals surface area contributed by atoms with Crippen LogP contribution in [0.5, 0.6) is 0 Å². The maximum Gasteiger partial charge on any atom is 0.326 e. The molecule has 1 aromatic carbocycles. The van der Waals surface area contributed by atoms with Gasteiger partial charge in [-0.05, 0) is 30.9 Å². The molecular formula is C17H24N2O5S. The van der Waals surface area contributed by atoms with E-state index in [9.17, 15) is 18.0 Å². The number of nitrogens with one attached hydrogen (secondary N) is 1. The second-order valence-corrected chi connectivity index (χ2v) is 8.50. The van der Waals surface area contributed by atoms with Gasteiger partial charge in [0.15, 0.2) is 0 Å². The van der Waals surface area contributed by atoms with Gasteiger partial charge >= 0.3 is 5.97 Å². The molecule has 0 unspecified atom stereocenters. The van der Waals surface area contributed by atoms with Crippen molar-refractivity contribution in [2.24, 2.45) is 11.8 Å². The number of sulfonamides is 1. The first-order chi connectivity index (χ1) is 11.7. The number of carboxylic acid groups (broad SMARTS) is 1. The van der Waals surface area contributed by atoms with Gasteiger partial charge in [0.1, 0.15) is 6.04 Å². The number of hydrogen-bond acceptors (Lipinski definition) is 4. The average molecular weight is 368 g/mol. The highest BCUT2D eigenvalue weighted by Gasteiger charge is 2.33. The van der Waals surface area contributed by atoms with E-state index in [1.165, 1.54) is 4.31 Å². The Kier molecular flexibility index (Phi) is 6.18. The standard InChI is InChI=1S/C17H24N2O5S/c1-12(2)15(17(21)22)18-16(20)13-8-10-19(11-9-13)25(23,24)14-6-4-3-5-7-14/h3-7,12-13,15H,8-11H2,1-2H3,(H,18,20)(H,21,22)/t15-/m0/s1. The zero-order chi connectivity index (χ0) is 18.6. The van der Waals surface area contributed by atoms with Crippen LogP contribution in [0.3, 0.4) is 0 Å². The third-order valence-corrected chi connectivity index (χ3v) is 6.35. The summed E-state index contributed by atoms with van der Waals surface area (Å²) in [4.78, 5) is 23.7. The van der Waals surface area contributed by atoms with Crippen LogP contribution in [0.15, 0.2) is 35.2 Å². The second-order valence-electron chi connectivity index (χ2n) is 6.56. The third-order valence-electron chi connectivity index (χ3n) is 4.44. The van der Waals surface area contributed by atoms with Crippen molar-refractivity contribution in [3.63, 3.8) is 0 Å². The molecule has 1 amide bonds. The van der Waals surface area contributed by atoms with Crippen LogP contribution in [0.25, 0.3) is 0 Å². The van der Waals surface area contributed by atoms with Crippen LogP contribution < -0.4 is 5.32 Å². The number of rotatable bonds is 6. The van der Waals surface area contributed by atoms with E-state index in [2.05, 4.69) is 5.32 Å². The summed E-state index contributed by atoms with van der Waals surface area (Å²) in [6.45, 7) is 3.95. The smallest absolute Gasteiger partial charge is 0.326 e. The summed E-state index contributed by atoms with van der Waals surface area (Å²) >= 11 is 0. The molecule has 7 nitrogen and oxygen atoms in total. The van der Waals surface area contributed by atoms with Gasteiger partial charge in [-0.1, -0.05) is 32.0 Å². The van der Waals surface area contributed by atoms with Crippen molar-refractivity contribution in [2.45, 2.75) is 37.6 Å². The number of amides is 1. The highest BCUT2D eigenvalue weighted by Crippen LogP contribution is 2.24. The van der Waals surface area contributed by atoms with Gasteiger partial charge in [0.25, 0.3) is 0 Å². The minimum Gasteiger partial charge on any atom is -0.480 e. The molecule has 2 rings (SSSR count). The van der Waals surface area contributed by atoms with Crippen LogP contribution in [0.1, 0.15) is 26.7 Å². The number of benzene rings is 1. The highest BCUT2D eigenvalue weighted by atomic mass is 32.2. The molecule has 0 bridgehead atoms. The predicted molar refractivity (Wildman–Crippen MR) is 92.3 cm³/mol. The molecule has 0 aliphatic carbocycles. The Morgan fingerprint density at radius 2 is 1.72 bits per heavy atom. The van der Waals surface area contributed by atoms with Gasteiger partial charge in [0.2, 0.25) is 15.9 Å². The van der Waals surface area contributed by atoms with Crippen LogP contribution in [0.4, 0.5) is 0 Å². The Bertz CT molecular complexity index is 710. The molecule has 138 valence electrons. The summed E-state index contributed by atoms with van der Waals surface area (Å²) in [5, 5.41) is 11.7. The number of nitrogens with zero attached hydrogens (tertiary/aromatic N) is 1. The lowest BCUT2D eigenvalue weighted by molar-refractivity contribution is -0.144. The summed E-state index contributed by atoms with van der Waals surface area (Å²) in [5.74, 6) is -1.98. The van der Waals surface area contributed by atoms with Crippen LogP contribution in [-0.2, 0) is 19.6 Å². The SMILES string of the molecule is CC(C)[C@H](NC(=O)C1CCN(S(=O)(=O)c2ccccc2)CC1)C(=O)O. The Morgan fingerprint density at radius 3 is 2.20 bits per heavy atom. The van der Waals surface area contributed by atoms with Gasteiger partial charge in [-0.25, -0.2) is 13.2 Å². The summed E-state index contributed by atoms with van der Waals surface area (Å²) in [6.07, 6.45) is 0.755. The van der Waals surface area contributed by atoms with Crippen LogP contribution >= 0.6 is 0 Å². The molecule has 8 heteroatoms. The fourth-order valence-electron chi connectivity index (χ4n) is 2.88. The van der Waals surface area contributed by atoms with E-state index in [0.29, 0.717) is 12.8 Å². The topological polar surface area (TPSA) is 104 Å². The van der Waals surface area contributed by atoms with Crippen molar-refractivity contribution in [3.05, 3.63) is 30.3 Å². The lowest BCUT2D eigenvalue weighted by Gasteiger charge is -2.31. The zero-order valence-electron chi connectivity index (χ0n) is 14.4. The minimum atomic E-state index is -3.55. The van der Waals surface area contributed by atoms with E-state index < -0.39 is 22.0 Å². The van der Waals surface area contributed by atoms with Crippen LogP contribution in [0, 0.1) is 11.8 Å². The van der Waals surface area contributed by atoms with E-state index in [4.69, 9.17) is 5.11 Å². The van der Waals surface area contributed by atoms with Gasteiger partial charge in [0.05, 0.1) is 4.90 Å². The Labute approximate surface area is 148 Å². The van der Waals surface area contributed by atoms with Gasteiger partial charge in [-0.2, -0.15) is 4.31 Å². The molecule has 0 spiro atoms. The molecule has 1 aromatic rings. The largest absolute Gasteiger partial charge is 0.480 e. The van der Waals surface area contributed by atoms with E-state index >= 15 is 0 Å². The quantitative estimate of drug-likeness (QED) is 0.788. The number of carbonyl (C=O) groups is 2. The average Bonchev–Trinajstić information content (AvgIpc) is 2.59. The highest BCUT2D eigenvalue weighted by molar-refractivity contribution is 7.89. The van der Waals surface area contributed by atoms with Crippen molar-refractivity contribution in [3.8, 4) is 0 Å². The van der Waals surface area contributed by atoms with Crippen molar-refractivity contribution >= 4 is 21.9 Å². The molecule has 1 heterocycles. The molecule has 25 heavy (non-hydrogen) atoms. The molecule has 1 atom stereocenters. The van der Waals surface area contributed by atoms with E-state index in [-0.39, 0.29) is 35.7 Å². The van der Waals surface area contributed by atoms with E-state index in [0.717, 1.165) is 0 Å². The van der Waals surface area contributed by atoms with Crippen LogP contribution in [-0.4, -0.2) is 48.8 Å². The fourth-order valence-corrected chi connectivity index (χ4v) is 4.38. The zero-order valence-corrected chi connectivity index (χ0v) is 15.2. The molecule has 0 saturated carbocycles. The predicted octanol–water partition coefficient (Wildman–Crippen LogP) is 1.31. The van der Waals surface area contributed by atoms with Crippen LogP contribution in [0.2, 0.25) is 0 Å². The van der Waals surface area contributed by atoms with Crippen molar-refractivity contribution < 1.29 is 23.1 Å². The van der Waals surface area contributed by atoms with Crippen molar-refractivity contribution in [2.75, 3.05) is 13.1 Å². The summed E-state index contributed by atoms with van der Waals surface area (Å²) in [7, 11) is -3.55. The molecule has 1 aliphatic rings. The van der Waals surface area contributed by atoms with Crippen molar-refractivity contribution in [1.29, 1.82) is 0 Å². The van der Waals surface area contributed by atoms with Gasteiger partial charge < -0.3 is 10.4 Å². The first-order valence-corrected chi connectivity index (χ1v) is 9.76. The maximum absolute atomic E-state index is 12.6. The van der Waals surface area contributed by atoms with Crippen molar-refractivity contribution in [1.82, 2.24) is 9.62 Å². The first kappa shape index (κ1) is 19.4. The Balaban J connectivity index is 1.97. The number of piperidine rings is 1. The van der Waals surface area contributed by atoms with E-state index in [1.807, 2.05) is 0 Å². The lowest BCUT2D eigenvalue weighted by atomic mass is 9.95. The Hall–Kier alpha value is -1.93. The minimum absolute atomic E-state index is 0.222. The number of aliphatic carboxylic acids is 1. The second kappa shape index (κ2) is 7.97. The normalized spacial score (nSPS) is 18.0. The van der Waals surface area contributed by atoms with E-state index in [1.54, 1.807) is 44.2 Å². The third kappa shape index (κ3) is 4.58. The number of hydrogen-bond donors (Lipinski definition) is 2. The summed E-state index contributed by atoms with van der Waals surface area (Å²) in [5.41, 5.74) is 0. The molecule has 2 N–H and O–H groups in total. The Morgan fingerprint density at radius 1 is 1.16 bits per heavy atom. The summed E-state index contributed by atoms with van der Waals surface area (Å²) < 4.78 is 26.5. The lowest BCUT2D eigenvalue weighted by Crippen LogP contribution is -2.49. The number of carbonyl (C=O) groups excluding carboxylic acids is 1. The van der Waals surface area contributed by atoms with Gasteiger partial charge in [0, 0.05) is 19.0 Å². The van der Waals surface area contributed by atoms with Gasteiger partial charge in [-0.3, -0.25) is 4.79 Å². The molecule has 1 saturated heterocycles. The molecular weight excluding hydrogens is 344 g/mol. The maximum atomic E-state index is 12.6. The molecule has 0 radical (unpaired) electrons. The van der Waals surface area contributed by atoms with Gasteiger partial charge in [-0.15, -0.1) is 0 Å². The molecule has 1 aliphatic heterocycles. The summed E-state index contributed by atoms with van der Waals surface area (Å²) in [6, 6.07) is 7.26. The number of carboxylic acids is 1. The molecule has 0 aromatic heterocycles. The monoisotopic (exact) mass is 368 g/mol.